The molecule has 0 spiro atoms. The Balaban J connectivity index is 2.18. The average Bonchev–Trinajstić information content (AvgIpc) is 2.57. The zero-order valence-corrected chi connectivity index (χ0v) is 13.7. The standard InChI is InChI=1S/C18H24O4/c1-4-5-6-12-7-8-13-10-15(17(19)21-2)16(18(20)22-3)11-14(13)9-12/h7H,4-6,8-11H2,1-3H3. The molecule has 0 saturated heterocycles. The van der Waals surface area contributed by atoms with E-state index in [-0.39, 0.29) is 0 Å². The predicted molar refractivity (Wildman–Crippen MR) is 84.2 cm³/mol. The van der Waals surface area contributed by atoms with Crippen LogP contribution in [0.15, 0.2) is 33.9 Å². The van der Waals surface area contributed by atoms with Crippen LogP contribution in [-0.4, -0.2) is 26.2 Å². The molecule has 0 saturated carbocycles. The lowest BCUT2D eigenvalue weighted by Gasteiger charge is -2.27. The van der Waals surface area contributed by atoms with E-state index in [0.29, 0.717) is 24.0 Å². The van der Waals surface area contributed by atoms with Gasteiger partial charge in [0.2, 0.25) is 0 Å². The van der Waals surface area contributed by atoms with Crippen molar-refractivity contribution in [2.75, 3.05) is 14.2 Å². The van der Waals surface area contributed by atoms with Crippen molar-refractivity contribution in [3.63, 3.8) is 0 Å². The van der Waals surface area contributed by atoms with Crippen LogP contribution in [0.25, 0.3) is 0 Å². The van der Waals surface area contributed by atoms with Gasteiger partial charge in [0.25, 0.3) is 0 Å². The maximum atomic E-state index is 12.0. The van der Waals surface area contributed by atoms with Gasteiger partial charge in [0, 0.05) is 12.8 Å². The third kappa shape index (κ3) is 3.49. The third-order valence-corrected chi connectivity index (χ3v) is 4.44. The van der Waals surface area contributed by atoms with Gasteiger partial charge in [-0.05, 0) is 25.7 Å². The molecule has 0 bridgehead atoms. The molecule has 0 radical (unpaired) electrons. The summed E-state index contributed by atoms with van der Waals surface area (Å²) in [7, 11) is 2.69. The number of hydrogen-bond acceptors (Lipinski definition) is 4. The zero-order chi connectivity index (χ0) is 16.1. The van der Waals surface area contributed by atoms with Crippen molar-refractivity contribution in [1.29, 1.82) is 0 Å². The van der Waals surface area contributed by atoms with Gasteiger partial charge in [-0.1, -0.05) is 36.1 Å². The molecule has 2 aliphatic rings. The lowest BCUT2D eigenvalue weighted by atomic mass is 9.78. The summed E-state index contributed by atoms with van der Waals surface area (Å²) < 4.78 is 9.67. The van der Waals surface area contributed by atoms with Gasteiger partial charge in [0.15, 0.2) is 0 Å². The molecule has 0 atom stereocenters. The Labute approximate surface area is 131 Å². The molecule has 120 valence electrons. The van der Waals surface area contributed by atoms with E-state index in [0.717, 1.165) is 19.3 Å². The fourth-order valence-electron chi connectivity index (χ4n) is 3.14. The summed E-state index contributed by atoms with van der Waals surface area (Å²) in [5, 5.41) is 0. The normalized spacial score (nSPS) is 17.9. The number of carbonyl (C=O) groups is 2. The van der Waals surface area contributed by atoms with E-state index >= 15 is 0 Å². The summed E-state index contributed by atoms with van der Waals surface area (Å²) in [5.74, 6) is -0.843. The Bertz CT molecular complexity index is 564. The molecule has 0 heterocycles. The molecule has 0 aromatic rings. The SMILES string of the molecule is CCCCC1=CCC2=C(C1)CC(C(=O)OC)=C(C(=O)OC)C2. The number of unbranched alkanes of at least 4 members (excludes halogenated alkanes) is 1. The molecule has 4 heteroatoms. The molecular weight excluding hydrogens is 280 g/mol. The van der Waals surface area contributed by atoms with Crippen LogP contribution in [0.3, 0.4) is 0 Å². The minimum Gasteiger partial charge on any atom is -0.466 e. The molecule has 0 fully saturated rings. The second kappa shape index (κ2) is 7.43. The van der Waals surface area contributed by atoms with Crippen LogP contribution in [0.1, 0.15) is 51.9 Å². The monoisotopic (exact) mass is 304 g/mol. The van der Waals surface area contributed by atoms with Crippen LogP contribution >= 0.6 is 0 Å². The summed E-state index contributed by atoms with van der Waals surface area (Å²) in [6.45, 7) is 2.19. The number of rotatable bonds is 5. The highest BCUT2D eigenvalue weighted by molar-refractivity contribution is 6.01. The van der Waals surface area contributed by atoms with Crippen LogP contribution < -0.4 is 0 Å². The van der Waals surface area contributed by atoms with Gasteiger partial charge in [-0.15, -0.1) is 0 Å². The zero-order valence-electron chi connectivity index (χ0n) is 13.7. The fourth-order valence-corrected chi connectivity index (χ4v) is 3.14. The number of ether oxygens (including phenoxy) is 2. The number of esters is 2. The Hall–Kier alpha value is -1.84. The van der Waals surface area contributed by atoms with Crippen LogP contribution in [0.5, 0.6) is 0 Å². The van der Waals surface area contributed by atoms with Crippen molar-refractivity contribution in [2.24, 2.45) is 0 Å². The highest BCUT2D eigenvalue weighted by Gasteiger charge is 2.30. The van der Waals surface area contributed by atoms with Gasteiger partial charge < -0.3 is 9.47 Å². The number of hydrogen-bond donors (Lipinski definition) is 0. The summed E-state index contributed by atoms with van der Waals surface area (Å²) >= 11 is 0. The molecule has 0 aromatic carbocycles. The van der Waals surface area contributed by atoms with E-state index in [2.05, 4.69) is 13.0 Å². The van der Waals surface area contributed by atoms with Crippen LogP contribution in [0.2, 0.25) is 0 Å². The van der Waals surface area contributed by atoms with Gasteiger partial charge >= 0.3 is 11.9 Å². The molecule has 0 amide bonds. The minimum absolute atomic E-state index is 0.420. The second-order valence-electron chi connectivity index (χ2n) is 5.85. The van der Waals surface area contributed by atoms with E-state index < -0.39 is 11.9 Å². The molecule has 22 heavy (non-hydrogen) atoms. The fraction of sp³-hybridized carbons (Fsp3) is 0.556. The van der Waals surface area contributed by atoms with E-state index in [9.17, 15) is 9.59 Å². The van der Waals surface area contributed by atoms with Crippen molar-refractivity contribution in [3.05, 3.63) is 33.9 Å². The quantitative estimate of drug-likeness (QED) is 0.575. The Kier molecular flexibility index (Phi) is 5.58. The maximum absolute atomic E-state index is 12.0. The predicted octanol–water partition coefficient (Wildman–Crippen LogP) is 3.63. The molecular formula is C18H24O4. The van der Waals surface area contributed by atoms with Crippen molar-refractivity contribution in [2.45, 2.75) is 51.9 Å². The van der Waals surface area contributed by atoms with Crippen molar-refractivity contribution < 1.29 is 19.1 Å². The summed E-state index contributed by atoms with van der Waals surface area (Å²) in [6, 6.07) is 0. The first-order valence-electron chi connectivity index (χ1n) is 7.87. The highest BCUT2D eigenvalue weighted by atomic mass is 16.5. The first-order chi connectivity index (χ1) is 10.6. The lowest BCUT2D eigenvalue weighted by molar-refractivity contribution is -0.139. The van der Waals surface area contributed by atoms with E-state index in [1.165, 1.54) is 43.8 Å². The van der Waals surface area contributed by atoms with Crippen molar-refractivity contribution in [3.8, 4) is 0 Å². The summed E-state index contributed by atoms with van der Waals surface area (Å²) in [4.78, 5) is 24.0. The first-order valence-corrected chi connectivity index (χ1v) is 7.87. The Morgan fingerprint density at radius 3 is 2.14 bits per heavy atom. The molecule has 0 unspecified atom stereocenters. The lowest BCUT2D eigenvalue weighted by Crippen LogP contribution is -2.21. The van der Waals surface area contributed by atoms with Gasteiger partial charge in [-0.2, -0.15) is 0 Å². The van der Waals surface area contributed by atoms with E-state index in [1.54, 1.807) is 0 Å². The number of allylic oxidation sites excluding steroid dienone is 4. The molecule has 4 nitrogen and oxygen atoms in total. The maximum Gasteiger partial charge on any atom is 0.334 e. The smallest absolute Gasteiger partial charge is 0.334 e. The largest absolute Gasteiger partial charge is 0.466 e. The molecule has 2 aliphatic carbocycles. The number of carbonyl (C=O) groups excluding carboxylic acids is 2. The second-order valence-corrected chi connectivity index (χ2v) is 5.85. The van der Waals surface area contributed by atoms with Crippen LogP contribution in [0.4, 0.5) is 0 Å². The van der Waals surface area contributed by atoms with E-state index in [1.807, 2.05) is 0 Å². The summed E-state index contributed by atoms with van der Waals surface area (Å²) in [6.07, 6.45) is 8.60. The van der Waals surface area contributed by atoms with Crippen LogP contribution in [0, 0.1) is 0 Å². The topological polar surface area (TPSA) is 52.6 Å². The highest BCUT2D eigenvalue weighted by Crippen LogP contribution is 2.39. The van der Waals surface area contributed by atoms with Gasteiger partial charge in [-0.3, -0.25) is 0 Å². The van der Waals surface area contributed by atoms with Crippen molar-refractivity contribution in [1.82, 2.24) is 0 Å². The Morgan fingerprint density at radius 1 is 1.00 bits per heavy atom. The number of methoxy groups -OCH3 is 2. The third-order valence-electron chi connectivity index (χ3n) is 4.44. The summed E-state index contributed by atoms with van der Waals surface area (Å²) in [5.41, 5.74) is 4.91. The average molecular weight is 304 g/mol. The van der Waals surface area contributed by atoms with Gasteiger partial charge in [0.05, 0.1) is 25.4 Å². The van der Waals surface area contributed by atoms with Gasteiger partial charge in [-0.25, -0.2) is 9.59 Å². The van der Waals surface area contributed by atoms with Gasteiger partial charge in [0.1, 0.15) is 0 Å². The molecule has 0 aromatic heterocycles. The first kappa shape index (κ1) is 16.5. The molecule has 0 N–H and O–H groups in total. The van der Waals surface area contributed by atoms with Crippen molar-refractivity contribution >= 4 is 11.9 Å². The van der Waals surface area contributed by atoms with Crippen LogP contribution in [-0.2, 0) is 19.1 Å². The minimum atomic E-state index is -0.423. The Morgan fingerprint density at radius 2 is 1.59 bits per heavy atom. The van der Waals surface area contributed by atoms with E-state index in [4.69, 9.17) is 9.47 Å². The molecule has 2 rings (SSSR count). The molecule has 0 aliphatic heterocycles.